The van der Waals surface area contributed by atoms with Gasteiger partial charge in [0.1, 0.15) is 6.07 Å². The highest BCUT2D eigenvalue weighted by atomic mass is 35.5. The summed E-state index contributed by atoms with van der Waals surface area (Å²) in [6.07, 6.45) is 1.75. The summed E-state index contributed by atoms with van der Waals surface area (Å²) < 4.78 is 69.7. The SMILES string of the molecule is C=C(c1ccn(C(F)F)c(=O)c1/C=C\C)[C@H](Nc1cc(Cl)c2ncc(C#N)c(NCC(C)(C)C)c2c1)C1=CN(C2(C(F)(F)F)CC2)NN1. The molecule has 3 aromatic rings. The molecule has 48 heavy (non-hydrogen) atoms. The molecule has 1 aliphatic heterocycles. The number of alkyl halides is 5. The molecule has 1 aromatic carbocycles. The largest absolute Gasteiger partial charge is 0.413 e. The average Bonchev–Trinajstić information content (AvgIpc) is 3.70. The van der Waals surface area contributed by atoms with Gasteiger partial charge in [0, 0.05) is 41.8 Å². The van der Waals surface area contributed by atoms with E-state index >= 15 is 0 Å². The summed E-state index contributed by atoms with van der Waals surface area (Å²) in [5.41, 5.74) is 4.21. The van der Waals surface area contributed by atoms with Crippen molar-refractivity contribution >= 4 is 45.5 Å². The van der Waals surface area contributed by atoms with E-state index in [2.05, 4.69) is 39.2 Å². The minimum Gasteiger partial charge on any atom is -0.383 e. The number of fused-ring (bicyclic) bond motifs is 1. The summed E-state index contributed by atoms with van der Waals surface area (Å²) in [6, 6.07) is 5.68. The topological polar surface area (TPSA) is 110 Å². The van der Waals surface area contributed by atoms with Crippen molar-refractivity contribution in [2.45, 2.75) is 64.8 Å². The van der Waals surface area contributed by atoms with E-state index < -0.39 is 29.9 Å². The molecule has 1 atom stereocenters. The van der Waals surface area contributed by atoms with Crippen LogP contribution in [0.5, 0.6) is 0 Å². The molecule has 1 saturated carbocycles. The van der Waals surface area contributed by atoms with E-state index in [1.807, 2.05) is 20.8 Å². The maximum absolute atomic E-state index is 14.0. The molecule has 0 radical (unpaired) electrons. The normalized spacial score (nSPS) is 16.5. The van der Waals surface area contributed by atoms with Crippen molar-refractivity contribution in [2.24, 2.45) is 5.41 Å². The lowest BCUT2D eigenvalue weighted by Gasteiger charge is -2.28. The van der Waals surface area contributed by atoms with Crippen molar-refractivity contribution in [3.8, 4) is 6.07 Å². The van der Waals surface area contributed by atoms with Crippen LogP contribution in [0, 0.1) is 16.7 Å². The van der Waals surface area contributed by atoms with Crippen LogP contribution in [0.15, 0.2) is 59.9 Å². The molecule has 1 fully saturated rings. The van der Waals surface area contributed by atoms with E-state index in [9.17, 15) is 32.0 Å². The number of allylic oxidation sites excluding steroid dienone is 1. The predicted octanol–water partition coefficient (Wildman–Crippen LogP) is 7.56. The molecule has 1 aliphatic carbocycles. The zero-order valence-electron chi connectivity index (χ0n) is 26.6. The highest BCUT2D eigenvalue weighted by Crippen LogP contribution is 2.53. The van der Waals surface area contributed by atoms with Crippen molar-refractivity contribution in [2.75, 3.05) is 17.2 Å². The average molecular weight is 689 g/mol. The number of nitrogens with one attached hydrogen (secondary N) is 4. The second-order valence-electron chi connectivity index (χ2n) is 12.9. The maximum atomic E-state index is 14.0. The summed E-state index contributed by atoms with van der Waals surface area (Å²) in [5.74, 6) is 0. The van der Waals surface area contributed by atoms with Gasteiger partial charge in [-0.15, -0.1) is 5.53 Å². The monoisotopic (exact) mass is 688 g/mol. The number of hydrogen-bond acceptors (Lipinski definition) is 8. The molecule has 4 N–H and O–H groups in total. The van der Waals surface area contributed by atoms with Gasteiger partial charge in [0.05, 0.1) is 33.5 Å². The van der Waals surface area contributed by atoms with Gasteiger partial charge in [0.15, 0.2) is 5.54 Å². The molecular weight excluding hydrogens is 655 g/mol. The van der Waals surface area contributed by atoms with Crippen LogP contribution in [0.4, 0.5) is 33.3 Å². The number of hydrazine groups is 2. The molecule has 3 heterocycles. The van der Waals surface area contributed by atoms with E-state index in [0.717, 1.165) is 11.2 Å². The molecule has 0 amide bonds. The van der Waals surface area contributed by atoms with E-state index in [4.69, 9.17) is 11.6 Å². The molecule has 0 saturated heterocycles. The Labute approximate surface area is 278 Å². The first-order valence-electron chi connectivity index (χ1n) is 15.0. The van der Waals surface area contributed by atoms with Crippen LogP contribution in [0.25, 0.3) is 22.6 Å². The van der Waals surface area contributed by atoms with Crippen molar-refractivity contribution < 1.29 is 22.0 Å². The van der Waals surface area contributed by atoms with Crippen LogP contribution in [0.2, 0.25) is 5.02 Å². The van der Waals surface area contributed by atoms with Crippen LogP contribution in [-0.2, 0) is 0 Å². The smallest absolute Gasteiger partial charge is 0.383 e. The Kier molecular flexibility index (Phi) is 9.24. The van der Waals surface area contributed by atoms with Gasteiger partial charge in [-0.2, -0.15) is 27.2 Å². The number of pyridine rings is 2. The van der Waals surface area contributed by atoms with Gasteiger partial charge in [-0.05, 0) is 54.5 Å². The quantitative estimate of drug-likeness (QED) is 0.162. The predicted molar refractivity (Wildman–Crippen MR) is 177 cm³/mol. The van der Waals surface area contributed by atoms with Gasteiger partial charge in [0.25, 0.3) is 5.56 Å². The fourth-order valence-electron chi connectivity index (χ4n) is 5.46. The van der Waals surface area contributed by atoms with Crippen molar-refractivity contribution in [3.63, 3.8) is 0 Å². The summed E-state index contributed by atoms with van der Waals surface area (Å²) in [7, 11) is 0. The number of rotatable bonds is 10. The second kappa shape index (κ2) is 12.8. The van der Waals surface area contributed by atoms with Crippen molar-refractivity contribution in [1.82, 2.24) is 25.5 Å². The first-order valence-corrected chi connectivity index (χ1v) is 15.4. The van der Waals surface area contributed by atoms with Gasteiger partial charge < -0.3 is 16.1 Å². The Hall–Kier alpha value is -4.61. The zero-order chi connectivity index (χ0) is 35.2. The highest BCUT2D eigenvalue weighted by Gasteiger charge is 2.67. The fraction of sp³-hybridized carbons (Fsp3) is 0.364. The molecule has 5 rings (SSSR count). The third-order valence-electron chi connectivity index (χ3n) is 8.16. The van der Waals surface area contributed by atoms with Crippen LogP contribution >= 0.6 is 11.6 Å². The summed E-state index contributed by atoms with van der Waals surface area (Å²) in [5, 5.41) is 18.1. The zero-order valence-corrected chi connectivity index (χ0v) is 27.3. The van der Waals surface area contributed by atoms with Crippen LogP contribution in [0.1, 0.15) is 63.8 Å². The molecule has 2 aliphatic rings. The minimum atomic E-state index is -4.53. The van der Waals surface area contributed by atoms with Crippen molar-refractivity contribution in [1.29, 1.82) is 5.26 Å². The summed E-state index contributed by atoms with van der Waals surface area (Å²) in [6.45, 7) is 9.28. The van der Waals surface area contributed by atoms with Gasteiger partial charge in [-0.1, -0.05) is 51.1 Å². The summed E-state index contributed by atoms with van der Waals surface area (Å²) >= 11 is 6.70. The number of anilines is 2. The Morgan fingerprint density at radius 3 is 2.56 bits per heavy atom. The lowest BCUT2D eigenvalue weighted by molar-refractivity contribution is -0.195. The fourth-order valence-corrected chi connectivity index (χ4v) is 5.73. The van der Waals surface area contributed by atoms with Crippen LogP contribution in [-0.4, -0.2) is 38.9 Å². The van der Waals surface area contributed by atoms with Gasteiger partial charge in [0.2, 0.25) is 0 Å². The third kappa shape index (κ3) is 6.57. The Morgan fingerprint density at radius 2 is 1.98 bits per heavy atom. The summed E-state index contributed by atoms with van der Waals surface area (Å²) in [4.78, 5) is 17.5. The Balaban J connectivity index is 1.64. The van der Waals surface area contributed by atoms with Gasteiger partial charge >= 0.3 is 12.7 Å². The number of aromatic nitrogens is 2. The molecular formula is C33H34ClF5N8O. The first-order chi connectivity index (χ1) is 22.5. The minimum absolute atomic E-state index is 0.0810. The third-order valence-corrected chi connectivity index (χ3v) is 8.45. The molecule has 2 aromatic heterocycles. The second-order valence-corrected chi connectivity index (χ2v) is 13.3. The Morgan fingerprint density at radius 1 is 1.27 bits per heavy atom. The lowest BCUT2D eigenvalue weighted by atomic mass is 9.94. The van der Waals surface area contributed by atoms with E-state index in [1.54, 1.807) is 19.1 Å². The lowest BCUT2D eigenvalue weighted by Crippen LogP contribution is -2.52. The maximum Gasteiger partial charge on any atom is 0.413 e. The molecule has 9 nitrogen and oxygen atoms in total. The van der Waals surface area contributed by atoms with Gasteiger partial charge in [-0.3, -0.25) is 19.4 Å². The Bertz CT molecular complexity index is 1920. The molecule has 0 unspecified atom stereocenters. The van der Waals surface area contributed by atoms with Gasteiger partial charge in [-0.25, -0.2) is 0 Å². The molecule has 0 spiro atoms. The number of nitrogens with zero attached hydrogens (tertiary/aromatic N) is 4. The molecule has 0 bridgehead atoms. The van der Waals surface area contributed by atoms with E-state index in [1.165, 1.54) is 30.6 Å². The number of benzene rings is 1. The molecule has 254 valence electrons. The number of nitriles is 1. The van der Waals surface area contributed by atoms with Crippen LogP contribution in [0.3, 0.4) is 0 Å². The van der Waals surface area contributed by atoms with Crippen LogP contribution < -0.4 is 27.2 Å². The number of hydrogen-bond donors (Lipinski definition) is 4. The molecule has 15 heteroatoms. The van der Waals surface area contributed by atoms with E-state index in [-0.39, 0.29) is 55.8 Å². The standard InChI is InChI=1S/C33H34ClF5N8O/c1-6-7-22-21(8-11-46(29(22)48)30(35)36)18(2)26(25-16-47(45-44-25)32(9-10-32)33(37,38)39)43-20-12-23-27(42-17-31(3,4)5)19(14-40)15-41-28(23)24(34)13-20/h6-8,11-13,15-16,26,30,43-45H,2,9-10,17H2,1,3-5H3,(H,41,42)/b7-6-/t26-/m0/s1. The number of halogens is 6. The van der Waals surface area contributed by atoms with E-state index in [0.29, 0.717) is 28.8 Å². The first kappa shape index (κ1) is 34.7. The highest BCUT2D eigenvalue weighted by molar-refractivity contribution is 6.35. The van der Waals surface area contributed by atoms with Crippen molar-refractivity contribution in [3.05, 3.63) is 87.2 Å².